The van der Waals surface area contributed by atoms with Gasteiger partial charge < -0.3 is 15.4 Å². The number of ether oxygens (including phenoxy) is 1. The minimum Gasteiger partial charge on any atom is -0.469 e. The number of carbonyl (C=O) groups is 1. The molecule has 1 aliphatic rings. The van der Waals surface area contributed by atoms with Gasteiger partial charge in [0.25, 0.3) is 0 Å². The number of nitrogens with one attached hydrogen (secondary N) is 2. The summed E-state index contributed by atoms with van der Waals surface area (Å²) in [5.74, 6) is 0.810. The number of hydrogen-bond donors (Lipinski definition) is 2. The maximum atomic E-state index is 11.0. The SMILES string of the molecule is CCNC(=NCCCCCC(=O)OC)NC1CCC(SC)C1. The maximum absolute atomic E-state index is 11.0. The quantitative estimate of drug-likeness (QED) is 0.295. The number of hydrogen-bond acceptors (Lipinski definition) is 4. The molecule has 0 aromatic heterocycles. The third-order valence-electron chi connectivity index (χ3n) is 3.94. The highest BCUT2D eigenvalue weighted by molar-refractivity contribution is 7.99. The fourth-order valence-corrected chi connectivity index (χ4v) is 3.45. The number of thioether (sulfide) groups is 1. The van der Waals surface area contributed by atoms with Crippen molar-refractivity contribution in [2.45, 2.75) is 63.2 Å². The van der Waals surface area contributed by atoms with Crippen LogP contribution < -0.4 is 10.6 Å². The van der Waals surface area contributed by atoms with E-state index in [9.17, 15) is 4.79 Å². The number of aliphatic imine (C=N–C) groups is 1. The second-order valence-electron chi connectivity index (χ2n) is 5.66. The van der Waals surface area contributed by atoms with E-state index in [1.807, 2.05) is 11.8 Å². The smallest absolute Gasteiger partial charge is 0.305 e. The zero-order valence-electron chi connectivity index (χ0n) is 14.2. The Morgan fingerprint density at radius 3 is 2.77 bits per heavy atom. The molecule has 1 fully saturated rings. The molecular formula is C16H31N3O2S. The molecule has 0 saturated heterocycles. The van der Waals surface area contributed by atoms with Crippen molar-refractivity contribution < 1.29 is 9.53 Å². The predicted molar refractivity (Wildman–Crippen MR) is 94.5 cm³/mol. The lowest BCUT2D eigenvalue weighted by Crippen LogP contribution is -2.42. The van der Waals surface area contributed by atoms with Crippen LogP contribution in [0.15, 0.2) is 4.99 Å². The minimum absolute atomic E-state index is 0.122. The van der Waals surface area contributed by atoms with Crippen molar-refractivity contribution >= 4 is 23.7 Å². The standard InChI is InChI=1S/C16H31N3O2S/c1-4-17-16(19-13-9-10-14(12-13)22-3)18-11-7-5-6-8-15(20)21-2/h13-14H,4-12H2,1-3H3,(H2,17,18,19). The summed E-state index contributed by atoms with van der Waals surface area (Å²) in [5, 5.41) is 7.66. The second kappa shape index (κ2) is 11.6. The van der Waals surface area contributed by atoms with Crippen molar-refractivity contribution in [3.8, 4) is 0 Å². The highest BCUT2D eigenvalue weighted by atomic mass is 32.2. The zero-order chi connectivity index (χ0) is 16.2. The number of esters is 1. The third-order valence-corrected chi connectivity index (χ3v) is 5.03. The number of methoxy groups -OCH3 is 1. The molecule has 0 spiro atoms. The van der Waals surface area contributed by atoms with Gasteiger partial charge in [-0.25, -0.2) is 0 Å². The van der Waals surface area contributed by atoms with Gasteiger partial charge in [-0.3, -0.25) is 9.79 Å². The summed E-state index contributed by atoms with van der Waals surface area (Å²) in [6.45, 7) is 3.77. The Labute approximate surface area is 139 Å². The second-order valence-corrected chi connectivity index (χ2v) is 6.80. The molecule has 5 nitrogen and oxygen atoms in total. The molecule has 0 aromatic carbocycles. The van der Waals surface area contributed by atoms with Gasteiger partial charge in [0.15, 0.2) is 5.96 Å². The van der Waals surface area contributed by atoms with E-state index in [-0.39, 0.29) is 5.97 Å². The maximum Gasteiger partial charge on any atom is 0.305 e. The molecule has 0 bridgehead atoms. The van der Waals surface area contributed by atoms with E-state index in [0.29, 0.717) is 12.5 Å². The van der Waals surface area contributed by atoms with Gasteiger partial charge in [-0.05, 0) is 45.3 Å². The van der Waals surface area contributed by atoms with Crippen molar-refractivity contribution in [2.75, 3.05) is 26.5 Å². The molecule has 128 valence electrons. The van der Waals surface area contributed by atoms with Crippen LogP contribution in [-0.4, -0.2) is 49.7 Å². The zero-order valence-corrected chi connectivity index (χ0v) is 15.0. The first kappa shape index (κ1) is 19.1. The number of nitrogens with zero attached hydrogens (tertiary/aromatic N) is 1. The topological polar surface area (TPSA) is 62.7 Å². The van der Waals surface area contributed by atoms with E-state index in [4.69, 9.17) is 0 Å². The third kappa shape index (κ3) is 7.92. The summed E-state index contributed by atoms with van der Waals surface area (Å²) < 4.78 is 4.63. The largest absolute Gasteiger partial charge is 0.469 e. The first-order chi connectivity index (χ1) is 10.7. The molecular weight excluding hydrogens is 298 g/mol. The van der Waals surface area contributed by atoms with Crippen LogP contribution in [0.1, 0.15) is 51.9 Å². The molecule has 0 amide bonds. The van der Waals surface area contributed by atoms with Crippen molar-refractivity contribution in [3.63, 3.8) is 0 Å². The first-order valence-electron chi connectivity index (χ1n) is 8.34. The average molecular weight is 330 g/mol. The van der Waals surface area contributed by atoms with Gasteiger partial charge in [-0.2, -0.15) is 11.8 Å². The van der Waals surface area contributed by atoms with E-state index >= 15 is 0 Å². The Hall–Kier alpha value is -0.910. The Morgan fingerprint density at radius 1 is 1.32 bits per heavy atom. The molecule has 2 unspecified atom stereocenters. The molecule has 6 heteroatoms. The molecule has 1 aliphatic carbocycles. The van der Waals surface area contributed by atoms with Crippen LogP contribution in [0.4, 0.5) is 0 Å². The minimum atomic E-state index is -0.122. The summed E-state index contributed by atoms with van der Waals surface area (Å²) in [6.07, 6.45) is 9.36. The Balaban J connectivity index is 2.22. The summed E-state index contributed by atoms with van der Waals surface area (Å²) in [7, 11) is 1.44. The molecule has 0 aromatic rings. The van der Waals surface area contributed by atoms with E-state index in [2.05, 4.69) is 33.5 Å². The van der Waals surface area contributed by atoms with Crippen LogP contribution in [0.5, 0.6) is 0 Å². The van der Waals surface area contributed by atoms with Gasteiger partial charge >= 0.3 is 5.97 Å². The highest BCUT2D eigenvalue weighted by Gasteiger charge is 2.24. The van der Waals surface area contributed by atoms with Gasteiger partial charge in [0.2, 0.25) is 0 Å². The lowest BCUT2D eigenvalue weighted by atomic mass is 10.2. The number of rotatable bonds is 9. The van der Waals surface area contributed by atoms with Crippen LogP contribution in [-0.2, 0) is 9.53 Å². The van der Waals surface area contributed by atoms with Crippen LogP contribution >= 0.6 is 11.8 Å². The van der Waals surface area contributed by atoms with Gasteiger partial charge in [-0.1, -0.05) is 6.42 Å². The number of carbonyl (C=O) groups excluding carboxylic acids is 1. The Kier molecular flexibility index (Phi) is 10.1. The summed E-state index contributed by atoms with van der Waals surface area (Å²) in [5.41, 5.74) is 0. The number of unbranched alkanes of at least 4 members (excludes halogenated alkanes) is 2. The summed E-state index contributed by atoms with van der Waals surface area (Å²) in [4.78, 5) is 15.6. The summed E-state index contributed by atoms with van der Waals surface area (Å²) >= 11 is 1.97. The molecule has 1 rings (SSSR count). The number of guanidine groups is 1. The lowest BCUT2D eigenvalue weighted by molar-refractivity contribution is -0.140. The molecule has 0 heterocycles. The fraction of sp³-hybridized carbons (Fsp3) is 0.875. The Morgan fingerprint density at radius 2 is 2.14 bits per heavy atom. The molecule has 0 aliphatic heterocycles. The van der Waals surface area contributed by atoms with Crippen molar-refractivity contribution in [2.24, 2.45) is 4.99 Å². The molecule has 0 radical (unpaired) electrons. The van der Waals surface area contributed by atoms with E-state index in [0.717, 1.165) is 43.6 Å². The van der Waals surface area contributed by atoms with Gasteiger partial charge in [-0.15, -0.1) is 0 Å². The highest BCUT2D eigenvalue weighted by Crippen LogP contribution is 2.27. The van der Waals surface area contributed by atoms with Crippen LogP contribution in [0.3, 0.4) is 0 Å². The predicted octanol–water partition coefficient (Wildman–Crippen LogP) is 2.56. The lowest BCUT2D eigenvalue weighted by Gasteiger charge is -2.17. The van der Waals surface area contributed by atoms with Gasteiger partial charge in [0.1, 0.15) is 0 Å². The Bertz CT molecular complexity index is 350. The molecule has 1 saturated carbocycles. The first-order valence-corrected chi connectivity index (χ1v) is 9.62. The summed E-state index contributed by atoms with van der Waals surface area (Å²) in [6, 6.07) is 0.551. The average Bonchev–Trinajstić information content (AvgIpc) is 2.98. The fourth-order valence-electron chi connectivity index (χ4n) is 2.65. The van der Waals surface area contributed by atoms with E-state index in [1.165, 1.54) is 26.4 Å². The molecule has 22 heavy (non-hydrogen) atoms. The van der Waals surface area contributed by atoms with Crippen molar-refractivity contribution in [1.82, 2.24) is 10.6 Å². The normalized spacial score (nSPS) is 21.7. The van der Waals surface area contributed by atoms with Crippen LogP contribution in [0.25, 0.3) is 0 Å². The van der Waals surface area contributed by atoms with E-state index in [1.54, 1.807) is 0 Å². The monoisotopic (exact) mass is 329 g/mol. The van der Waals surface area contributed by atoms with Gasteiger partial charge in [0, 0.05) is 30.8 Å². The molecule has 2 atom stereocenters. The van der Waals surface area contributed by atoms with Crippen LogP contribution in [0, 0.1) is 0 Å². The van der Waals surface area contributed by atoms with Crippen molar-refractivity contribution in [3.05, 3.63) is 0 Å². The van der Waals surface area contributed by atoms with Crippen LogP contribution in [0.2, 0.25) is 0 Å². The van der Waals surface area contributed by atoms with Crippen molar-refractivity contribution in [1.29, 1.82) is 0 Å². The molecule has 2 N–H and O–H groups in total. The van der Waals surface area contributed by atoms with Gasteiger partial charge in [0.05, 0.1) is 7.11 Å². The van der Waals surface area contributed by atoms with E-state index < -0.39 is 0 Å².